The van der Waals surface area contributed by atoms with Crippen molar-refractivity contribution in [3.8, 4) is 0 Å². The van der Waals surface area contributed by atoms with Crippen LogP contribution in [0.5, 0.6) is 0 Å². The minimum atomic E-state index is 0.0249. The molecule has 0 atom stereocenters. The van der Waals surface area contributed by atoms with Crippen molar-refractivity contribution >= 4 is 49.8 Å². The van der Waals surface area contributed by atoms with Gasteiger partial charge in [0.2, 0.25) is 0 Å². The van der Waals surface area contributed by atoms with E-state index in [0.29, 0.717) is 16.6 Å². The molecule has 0 spiro atoms. The minimum absolute atomic E-state index is 0.0249. The van der Waals surface area contributed by atoms with Gasteiger partial charge in [-0.05, 0) is 44.5 Å². The second kappa shape index (κ2) is 7.53. The predicted octanol–water partition coefficient (Wildman–Crippen LogP) is 6.46. The molecule has 0 fully saturated rings. The van der Waals surface area contributed by atoms with Crippen LogP contribution in [0.25, 0.3) is 21.0 Å². The van der Waals surface area contributed by atoms with Gasteiger partial charge in [0.15, 0.2) is 0 Å². The molecular formula is C23H21ClN2OS. The van der Waals surface area contributed by atoms with Crippen LogP contribution in [0.3, 0.4) is 0 Å². The maximum absolute atomic E-state index is 13.3. The Bertz CT molecular complexity index is 1170. The van der Waals surface area contributed by atoms with E-state index in [1.807, 2.05) is 67.3 Å². The van der Waals surface area contributed by atoms with Crippen molar-refractivity contribution in [2.45, 2.75) is 33.4 Å². The lowest BCUT2D eigenvalue weighted by atomic mass is 10.1. The summed E-state index contributed by atoms with van der Waals surface area (Å²) in [6.45, 7) is 6.72. The standard InChI is InChI=1S/C23H21ClN2OS/c1-14(2)26(13-16-7-5-4-6-8-16)23(27)20-12-18-21(28-20)17-11-15(3)9-10-19(17)25-22(18)24/h4-12,14H,13H2,1-3H3. The molecule has 4 aromatic rings. The number of hydrogen-bond acceptors (Lipinski definition) is 3. The molecule has 0 bridgehead atoms. The molecule has 2 heterocycles. The quantitative estimate of drug-likeness (QED) is 0.363. The zero-order valence-corrected chi connectivity index (χ0v) is 17.6. The molecule has 3 nitrogen and oxygen atoms in total. The number of amides is 1. The number of benzene rings is 2. The topological polar surface area (TPSA) is 33.2 Å². The number of carbonyl (C=O) groups excluding carboxylic acids is 1. The van der Waals surface area contributed by atoms with Crippen LogP contribution in [0.4, 0.5) is 0 Å². The summed E-state index contributed by atoms with van der Waals surface area (Å²) < 4.78 is 1.02. The fourth-order valence-corrected chi connectivity index (χ4v) is 4.79. The molecule has 1 amide bonds. The number of thiophene rings is 1. The van der Waals surface area contributed by atoms with Crippen LogP contribution >= 0.6 is 22.9 Å². The largest absolute Gasteiger partial charge is 0.331 e. The van der Waals surface area contributed by atoms with Gasteiger partial charge >= 0.3 is 0 Å². The summed E-state index contributed by atoms with van der Waals surface area (Å²) in [5, 5.41) is 2.33. The lowest BCUT2D eigenvalue weighted by molar-refractivity contribution is 0.0695. The predicted molar refractivity (Wildman–Crippen MR) is 118 cm³/mol. The summed E-state index contributed by atoms with van der Waals surface area (Å²) in [7, 11) is 0. The molecule has 2 aromatic heterocycles. The molecule has 0 radical (unpaired) electrons. The fraction of sp³-hybridized carbons (Fsp3) is 0.217. The molecule has 2 aromatic carbocycles. The third-order valence-electron chi connectivity index (χ3n) is 4.86. The Morgan fingerprint density at radius 1 is 1.11 bits per heavy atom. The highest BCUT2D eigenvalue weighted by Gasteiger charge is 2.22. The number of pyridine rings is 1. The first-order valence-corrected chi connectivity index (χ1v) is 10.5. The van der Waals surface area contributed by atoms with Gasteiger partial charge in [0.25, 0.3) is 5.91 Å². The number of aryl methyl sites for hydroxylation is 1. The van der Waals surface area contributed by atoms with E-state index in [4.69, 9.17) is 11.6 Å². The number of carbonyl (C=O) groups is 1. The molecule has 4 rings (SSSR count). The monoisotopic (exact) mass is 408 g/mol. The Morgan fingerprint density at radius 2 is 1.86 bits per heavy atom. The van der Waals surface area contributed by atoms with Gasteiger partial charge in [0.1, 0.15) is 5.15 Å². The van der Waals surface area contributed by atoms with Crippen LogP contribution in [0.2, 0.25) is 5.15 Å². The summed E-state index contributed by atoms with van der Waals surface area (Å²) in [6, 6.07) is 18.2. The Balaban J connectivity index is 1.78. The highest BCUT2D eigenvalue weighted by atomic mass is 35.5. The van der Waals surface area contributed by atoms with Gasteiger partial charge in [0, 0.05) is 28.1 Å². The average Bonchev–Trinajstić information content (AvgIpc) is 3.13. The Kier molecular flexibility index (Phi) is 5.09. The van der Waals surface area contributed by atoms with Crippen molar-refractivity contribution in [3.05, 3.63) is 75.8 Å². The molecule has 0 aliphatic heterocycles. The van der Waals surface area contributed by atoms with Gasteiger partial charge in [-0.15, -0.1) is 11.3 Å². The Hall–Kier alpha value is -2.43. The van der Waals surface area contributed by atoms with Crippen molar-refractivity contribution < 1.29 is 4.79 Å². The van der Waals surface area contributed by atoms with E-state index in [1.54, 1.807) is 0 Å². The molecule has 0 saturated carbocycles. The highest BCUT2D eigenvalue weighted by Crippen LogP contribution is 2.36. The second-order valence-electron chi connectivity index (χ2n) is 7.29. The van der Waals surface area contributed by atoms with Gasteiger partial charge in [-0.1, -0.05) is 53.6 Å². The van der Waals surface area contributed by atoms with Crippen molar-refractivity contribution in [1.82, 2.24) is 9.88 Å². The molecular weight excluding hydrogens is 388 g/mol. The third kappa shape index (κ3) is 3.50. The number of fused-ring (bicyclic) bond motifs is 3. The highest BCUT2D eigenvalue weighted by molar-refractivity contribution is 7.21. The molecule has 0 N–H and O–H groups in total. The summed E-state index contributed by atoms with van der Waals surface area (Å²) in [4.78, 5) is 20.4. The maximum atomic E-state index is 13.3. The average molecular weight is 409 g/mol. The van der Waals surface area contributed by atoms with E-state index in [9.17, 15) is 4.79 Å². The molecule has 0 aliphatic rings. The Labute approximate surface area is 173 Å². The first kappa shape index (κ1) is 18.9. The second-order valence-corrected chi connectivity index (χ2v) is 8.70. The van der Waals surface area contributed by atoms with Crippen LogP contribution in [0.1, 0.15) is 34.6 Å². The first-order chi connectivity index (χ1) is 13.4. The van der Waals surface area contributed by atoms with E-state index < -0.39 is 0 Å². The van der Waals surface area contributed by atoms with Gasteiger partial charge in [0.05, 0.1) is 10.4 Å². The number of halogens is 1. The molecule has 0 aliphatic carbocycles. The van der Waals surface area contributed by atoms with Gasteiger partial charge < -0.3 is 4.90 Å². The fourth-order valence-electron chi connectivity index (χ4n) is 3.36. The lowest BCUT2D eigenvalue weighted by Crippen LogP contribution is -2.35. The normalized spacial score (nSPS) is 11.5. The summed E-state index contributed by atoms with van der Waals surface area (Å²) in [5.41, 5.74) is 3.13. The Morgan fingerprint density at radius 3 is 2.57 bits per heavy atom. The molecule has 5 heteroatoms. The molecule has 0 saturated heterocycles. The van der Waals surface area contributed by atoms with E-state index in [2.05, 4.69) is 18.0 Å². The number of nitrogens with zero attached hydrogens (tertiary/aromatic N) is 2. The van der Waals surface area contributed by atoms with E-state index in [-0.39, 0.29) is 11.9 Å². The summed E-state index contributed by atoms with van der Waals surface area (Å²) in [5.74, 6) is 0.0249. The first-order valence-electron chi connectivity index (χ1n) is 9.28. The van der Waals surface area contributed by atoms with Crippen molar-refractivity contribution in [2.75, 3.05) is 0 Å². The zero-order valence-electron chi connectivity index (χ0n) is 16.1. The van der Waals surface area contributed by atoms with E-state index in [1.165, 1.54) is 11.3 Å². The van der Waals surface area contributed by atoms with Gasteiger partial charge in [-0.3, -0.25) is 4.79 Å². The third-order valence-corrected chi connectivity index (χ3v) is 6.30. The van der Waals surface area contributed by atoms with Crippen molar-refractivity contribution in [3.63, 3.8) is 0 Å². The minimum Gasteiger partial charge on any atom is -0.331 e. The van der Waals surface area contributed by atoms with Gasteiger partial charge in [-0.25, -0.2) is 4.98 Å². The van der Waals surface area contributed by atoms with Crippen LogP contribution in [-0.2, 0) is 6.54 Å². The van der Waals surface area contributed by atoms with E-state index >= 15 is 0 Å². The van der Waals surface area contributed by atoms with Crippen LogP contribution in [0.15, 0.2) is 54.6 Å². The summed E-state index contributed by atoms with van der Waals surface area (Å²) >= 11 is 7.93. The van der Waals surface area contributed by atoms with Crippen molar-refractivity contribution in [2.24, 2.45) is 0 Å². The van der Waals surface area contributed by atoms with Crippen LogP contribution in [0, 0.1) is 6.92 Å². The van der Waals surface area contributed by atoms with Crippen LogP contribution < -0.4 is 0 Å². The molecule has 142 valence electrons. The zero-order chi connectivity index (χ0) is 19.8. The summed E-state index contributed by atoms with van der Waals surface area (Å²) in [6.07, 6.45) is 0. The smallest absolute Gasteiger partial charge is 0.264 e. The van der Waals surface area contributed by atoms with Crippen molar-refractivity contribution in [1.29, 1.82) is 0 Å². The molecule has 0 unspecified atom stereocenters. The SMILES string of the molecule is Cc1ccc2nc(Cl)c3cc(C(=O)N(Cc4ccccc4)C(C)C)sc3c2c1. The van der Waals surface area contributed by atoms with Gasteiger partial charge in [-0.2, -0.15) is 0 Å². The van der Waals surface area contributed by atoms with E-state index in [0.717, 1.165) is 32.1 Å². The number of rotatable bonds is 4. The lowest BCUT2D eigenvalue weighted by Gasteiger charge is -2.26. The molecule has 28 heavy (non-hydrogen) atoms. The van der Waals surface area contributed by atoms with Crippen LogP contribution in [-0.4, -0.2) is 21.8 Å². The number of aromatic nitrogens is 1. The number of hydrogen-bond donors (Lipinski definition) is 0. The maximum Gasteiger partial charge on any atom is 0.264 e.